The summed E-state index contributed by atoms with van der Waals surface area (Å²) in [5.41, 5.74) is -0.0135. The Morgan fingerprint density at radius 2 is 1.68 bits per heavy atom. The first-order chi connectivity index (χ1) is 16.2. The average molecular weight is 480 g/mol. The van der Waals surface area contributed by atoms with Crippen LogP contribution in [0.3, 0.4) is 0 Å². The third-order valence-electron chi connectivity index (χ3n) is 5.79. The SMILES string of the molecule is COc1c(O)cc2c(c1O)C(=O)[C@H](O[C@@H]1O[C@H](CO)[C@@H](O)[C@H](O)[C@H]1O)[C@@H](c1ccc(O)cc1)O2. The predicted molar refractivity (Wildman–Crippen MR) is 111 cm³/mol. The molecule has 0 aliphatic carbocycles. The zero-order valence-electron chi connectivity index (χ0n) is 17.8. The van der Waals surface area contributed by atoms with E-state index in [9.17, 15) is 40.5 Å². The Morgan fingerprint density at radius 3 is 2.29 bits per heavy atom. The summed E-state index contributed by atoms with van der Waals surface area (Å²) < 4.78 is 21.9. The van der Waals surface area contributed by atoms with E-state index in [-0.39, 0.29) is 22.8 Å². The smallest absolute Gasteiger partial charge is 0.203 e. The molecule has 0 spiro atoms. The number of rotatable bonds is 5. The van der Waals surface area contributed by atoms with Crippen LogP contribution in [0.15, 0.2) is 30.3 Å². The summed E-state index contributed by atoms with van der Waals surface area (Å²) in [4.78, 5) is 13.5. The van der Waals surface area contributed by atoms with Crippen LogP contribution in [0.4, 0.5) is 0 Å². The van der Waals surface area contributed by atoms with E-state index in [0.717, 1.165) is 6.07 Å². The molecule has 0 unspecified atom stereocenters. The molecular weight excluding hydrogens is 456 g/mol. The average Bonchev–Trinajstić information content (AvgIpc) is 2.81. The van der Waals surface area contributed by atoms with Gasteiger partial charge in [-0.1, -0.05) is 12.1 Å². The van der Waals surface area contributed by atoms with Gasteiger partial charge in [-0.3, -0.25) is 4.79 Å². The van der Waals surface area contributed by atoms with E-state index in [1.165, 1.54) is 31.4 Å². The van der Waals surface area contributed by atoms with Gasteiger partial charge in [-0.05, 0) is 17.7 Å². The normalized spacial score (nSPS) is 31.0. The zero-order chi connectivity index (χ0) is 24.7. The first-order valence-corrected chi connectivity index (χ1v) is 10.3. The number of aromatic hydroxyl groups is 3. The summed E-state index contributed by atoms with van der Waals surface area (Å²) in [5, 5.41) is 70.2. The van der Waals surface area contributed by atoms with Crippen LogP contribution in [0.5, 0.6) is 28.7 Å². The molecule has 2 aromatic carbocycles. The van der Waals surface area contributed by atoms with E-state index < -0.39 is 66.8 Å². The van der Waals surface area contributed by atoms with Crippen LogP contribution in [0.2, 0.25) is 0 Å². The maximum absolute atomic E-state index is 13.5. The molecule has 184 valence electrons. The fourth-order valence-corrected chi connectivity index (χ4v) is 3.99. The Labute approximate surface area is 192 Å². The Morgan fingerprint density at radius 1 is 1.00 bits per heavy atom. The second-order valence-corrected chi connectivity index (χ2v) is 7.90. The number of ketones is 1. The molecule has 2 aliphatic rings. The molecule has 7 N–H and O–H groups in total. The molecule has 2 aliphatic heterocycles. The van der Waals surface area contributed by atoms with Crippen molar-refractivity contribution in [3.63, 3.8) is 0 Å². The summed E-state index contributed by atoms with van der Waals surface area (Å²) in [6, 6.07) is 6.67. The zero-order valence-corrected chi connectivity index (χ0v) is 17.8. The number of ether oxygens (including phenoxy) is 4. The topological polar surface area (TPSA) is 196 Å². The number of carbonyl (C=O) groups is 1. The maximum Gasteiger partial charge on any atom is 0.203 e. The van der Waals surface area contributed by atoms with Gasteiger partial charge in [0.2, 0.25) is 11.5 Å². The van der Waals surface area contributed by atoms with E-state index in [4.69, 9.17) is 18.9 Å². The van der Waals surface area contributed by atoms with Crippen LogP contribution in [0, 0.1) is 0 Å². The maximum atomic E-state index is 13.5. The first-order valence-electron chi connectivity index (χ1n) is 10.3. The highest BCUT2D eigenvalue weighted by Crippen LogP contribution is 2.49. The van der Waals surface area contributed by atoms with Crippen LogP contribution in [-0.2, 0) is 9.47 Å². The second-order valence-electron chi connectivity index (χ2n) is 7.90. The third kappa shape index (κ3) is 4.00. The number of carbonyl (C=O) groups excluding carboxylic acids is 1. The highest BCUT2D eigenvalue weighted by molar-refractivity contribution is 6.06. The van der Waals surface area contributed by atoms with E-state index in [1.54, 1.807) is 0 Å². The molecule has 7 atom stereocenters. The fourth-order valence-electron chi connectivity index (χ4n) is 3.99. The van der Waals surface area contributed by atoms with Crippen LogP contribution in [0.1, 0.15) is 22.0 Å². The summed E-state index contributed by atoms with van der Waals surface area (Å²) in [5.74, 6) is -2.61. The first kappa shape index (κ1) is 24.0. The monoisotopic (exact) mass is 480 g/mol. The van der Waals surface area contributed by atoms with Crippen LogP contribution in [-0.4, -0.2) is 92.1 Å². The molecule has 1 fully saturated rings. The number of benzene rings is 2. The van der Waals surface area contributed by atoms with Crippen molar-refractivity contribution in [3.8, 4) is 28.7 Å². The van der Waals surface area contributed by atoms with Gasteiger partial charge in [-0.25, -0.2) is 0 Å². The van der Waals surface area contributed by atoms with Crippen LogP contribution < -0.4 is 9.47 Å². The molecule has 0 amide bonds. The Hall–Kier alpha value is -3.13. The fraction of sp³-hybridized carbons (Fsp3) is 0.409. The molecule has 12 heteroatoms. The van der Waals surface area contributed by atoms with Crippen molar-refractivity contribution in [2.24, 2.45) is 0 Å². The van der Waals surface area contributed by atoms with Gasteiger partial charge in [0.05, 0.1) is 13.7 Å². The quantitative estimate of drug-likeness (QED) is 0.285. The summed E-state index contributed by atoms with van der Waals surface area (Å²) in [6.07, 6.45) is -10.9. The third-order valence-corrected chi connectivity index (χ3v) is 5.79. The van der Waals surface area contributed by atoms with E-state index >= 15 is 0 Å². The number of aliphatic hydroxyl groups excluding tert-OH is 4. The molecule has 4 rings (SSSR count). The molecular formula is C22H24O12. The lowest BCUT2D eigenvalue weighted by Crippen LogP contribution is -2.60. The number of methoxy groups -OCH3 is 1. The minimum atomic E-state index is -1.80. The number of hydrogen-bond donors (Lipinski definition) is 7. The van der Waals surface area contributed by atoms with Crippen molar-refractivity contribution in [1.29, 1.82) is 0 Å². The van der Waals surface area contributed by atoms with E-state index in [2.05, 4.69) is 0 Å². The Kier molecular flexibility index (Phi) is 6.53. The number of aliphatic hydroxyl groups is 4. The van der Waals surface area contributed by atoms with Gasteiger partial charge in [0.15, 0.2) is 30.0 Å². The van der Waals surface area contributed by atoms with Gasteiger partial charge in [-0.15, -0.1) is 0 Å². The highest BCUT2D eigenvalue weighted by atomic mass is 16.7. The van der Waals surface area contributed by atoms with Crippen LogP contribution >= 0.6 is 0 Å². The van der Waals surface area contributed by atoms with Crippen molar-refractivity contribution in [2.75, 3.05) is 13.7 Å². The lowest BCUT2D eigenvalue weighted by Gasteiger charge is -2.42. The lowest BCUT2D eigenvalue weighted by molar-refractivity contribution is -0.311. The van der Waals surface area contributed by atoms with Gasteiger partial charge in [0, 0.05) is 6.07 Å². The van der Waals surface area contributed by atoms with Crippen molar-refractivity contribution in [3.05, 3.63) is 41.5 Å². The summed E-state index contributed by atoms with van der Waals surface area (Å²) in [6.45, 7) is -0.707. The van der Waals surface area contributed by atoms with Gasteiger partial charge in [0.25, 0.3) is 0 Å². The Balaban J connectivity index is 1.76. The van der Waals surface area contributed by atoms with E-state index in [1.807, 2.05) is 0 Å². The largest absolute Gasteiger partial charge is 0.508 e. The number of hydrogen-bond acceptors (Lipinski definition) is 12. The molecule has 0 radical (unpaired) electrons. The number of phenols is 3. The molecule has 2 aromatic rings. The van der Waals surface area contributed by atoms with Crippen molar-refractivity contribution in [1.82, 2.24) is 0 Å². The second kappa shape index (κ2) is 9.25. The summed E-state index contributed by atoms with van der Waals surface area (Å²) in [7, 11) is 1.18. The molecule has 0 saturated carbocycles. The molecule has 0 aromatic heterocycles. The highest BCUT2D eigenvalue weighted by Gasteiger charge is 2.49. The minimum Gasteiger partial charge on any atom is -0.508 e. The van der Waals surface area contributed by atoms with E-state index in [0.29, 0.717) is 5.56 Å². The molecule has 2 heterocycles. The van der Waals surface area contributed by atoms with Gasteiger partial charge >= 0.3 is 0 Å². The number of fused-ring (bicyclic) bond motifs is 1. The number of phenolic OH excluding ortho intramolecular Hbond substituents is 3. The standard InChI is InChI=1S/C22H24O12/c1-31-20-10(25)6-11-13(15(20)27)16(28)21(19(32-11)8-2-4-9(24)5-3-8)34-22-18(30)17(29)14(26)12(7-23)33-22/h2-6,12,14,17-19,21-27,29-30H,7H2,1H3/t12-,14-,17+,18-,19-,21+,22+/m1/s1. The summed E-state index contributed by atoms with van der Waals surface area (Å²) >= 11 is 0. The molecule has 1 saturated heterocycles. The van der Waals surface area contributed by atoms with Crippen molar-refractivity contribution < 1.29 is 59.5 Å². The molecule has 34 heavy (non-hydrogen) atoms. The molecule has 12 nitrogen and oxygen atoms in total. The molecule has 0 bridgehead atoms. The number of Topliss-reactive ketones (excluding diaryl/α,β-unsaturated/α-hetero) is 1. The predicted octanol–water partition coefficient (Wildman–Crippen LogP) is -0.687. The van der Waals surface area contributed by atoms with Gasteiger partial charge < -0.3 is 54.7 Å². The van der Waals surface area contributed by atoms with Gasteiger partial charge in [-0.2, -0.15) is 0 Å². The van der Waals surface area contributed by atoms with Crippen molar-refractivity contribution >= 4 is 5.78 Å². The van der Waals surface area contributed by atoms with Crippen molar-refractivity contribution in [2.45, 2.75) is 42.9 Å². The lowest BCUT2D eigenvalue weighted by atomic mass is 9.92. The van der Waals surface area contributed by atoms with Crippen LogP contribution in [0.25, 0.3) is 0 Å². The minimum absolute atomic E-state index is 0.0577. The Bertz CT molecular complexity index is 1050. The van der Waals surface area contributed by atoms with Gasteiger partial charge in [0.1, 0.15) is 41.5 Å².